The average Bonchev–Trinajstić information content (AvgIpc) is 3.06. The van der Waals surface area contributed by atoms with Gasteiger partial charge in [0, 0.05) is 17.8 Å². The van der Waals surface area contributed by atoms with Gasteiger partial charge in [0.05, 0.1) is 17.5 Å². The van der Waals surface area contributed by atoms with Gasteiger partial charge < -0.3 is 10.2 Å². The van der Waals surface area contributed by atoms with Crippen LogP contribution in [0.2, 0.25) is 5.02 Å². The fourth-order valence-corrected chi connectivity index (χ4v) is 3.87. The van der Waals surface area contributed by atoms with Crippen LogP contribution in [0.4, 0.5) is 10.1 Å². The van der Waals surface area contributed by atoms with Crippen LogP contribution in [0.15, 0.2) is 66.7 Å². The highest BCUT2D eigenvalue weighted by Gasteiger charge is 2.34. The van der Waals surface area contributed by atoms with Crippen molar-refractivity contribution in [2.75, 3.05) is 5.32 Å². The van der Waals surface area contributed by atoms with Crippen LogP contribution in [-0.4, -0.2) is 16.7 Å². The van der Waals surface area contributed by atoms with E-state index in [4.69, 9.17) is 11.6 Å². The molecule has 6 heteroatoms. The summed E-state index contributed by atoms with van der Waals surface area (Å²) in [5.74, 6) is -0.923. The summed E-state index contributed by atoms with van der Waals surface area (Å²) in [4.78, 5) is 27.6. The monoisotopic (exact) mass is 422 g/mol. The number of carbonyl (C=O) groups excluding carboxylic acids is 2. The molecule has 3 aromatic carbocycles. The third kappa shape index (κ3) is 4.07. The van der Waals surface area contributed by atoms with Gasteiger partial charge in [-0.1, -0.05) is 59.6 Å². The van der Waals surface area contributed by atoms with Crippen molar-refractivity contribution in [1.82, 2.24) is 4.90 Å². The molecule has 0 radical (unpaired) electrons. The molecular formula is C24H20ClFN2O2. The zero-order chi connectivity index (χ0) is 21.3. The summed E-state index contributed by atoms with van der Waals surface area (Å²) >= 11 is 5.81. The topological polar surface area (TPSA) is 49.4 Å². The van der Waals surface area contributed by atoms with E-state index in [2.05, 4.69) is 5.32 Å². The Balaban J connectivity index is 1.60. The number of hydrogen-bond donors (Lipinski definition) is 1. The van der Waals surface area contributed by atoms with Gasteiger partial charge >= 0.3 is 0 Å². The number of nitrogens with zero attached hydrogens (tertiary/aromatic N) is 1. The van der Waals surface area contributed by atoms with E-state index in [0.717, 1.165) is 16.7 Å². The molecule has 2 amide bonds. The van der Waals surface area contributed by atoms with Crippen LogP contribution in [0.25, 0.3) is 0 Å². The highest BCUT2D eigenvalue weighted by Crippen LogP contribution is 2.34. The van der Waals surface area contributed by atoms with Crippen LogP contribution in [-0.2, 0) is 11.3 Å². The average molecular weight is 423 g/mol. The molecule has 0 saturated carbocycles. The molecule has 1 N–H and O–H groups in total. The Labute approximate surface area is 179 Å². The van der Waals surface area contributed by atoms with Crippen molar-refractivity contribution in [3.63, 3.8) is 0 Å². The summed E-state index contributed by atoms with van der Waals surface area (Å²) in [5, 5.41) is 2.69. The standard InChI is InChI=1S/C24H20ClFN2O2/c1-15-6-8-16(9-7-15)22(28-14-17-4-2-3-5-19(17)24(28)30)13-23(29)27-18-10-11-21(26)20(25)12-18/h2-12,22H,13-14H2,1H3,(H,27,29)/t22-/m1/s1. The molecule has 0 fully saturated rings. The maximum absolute atomic E-state index is 13.4. The minimum atomic E-state index is -0.548. The van der Waals surface area contributed by atoms with E-state index in [-0.39, 0.29) is 23.3 Å². The van der Waals surface area contributed by atoms with Crippen LogP contribution in [0.3, 0.4) is 0 Å². The predicted molar refractivity (Wildman–Crippen MR) is 115 cm³/mol. The van der Waals surface area contributed by atoms with Gasteiger partial charge in [-0.3, -0.25) is 9.59 Å². The minimum Gasteiger partial charge on any atom is -0.327 e. The first-order valence-corrected chi connectivity index (χ1v) is 10.0. The molecule has 0 saturated heterocycles. The molecule has 0 unspecified atom stereocenters. The molecule has 1 heterocycles. The lowest BCUT2D eigenvalue weighted by Gasteiger charge is -2.28. The highest BCUT2D eigenvalue weighted by atomic mass is 35.5. The second-order valence-corrected chi connectivity index (χ2v) is 7.81. The van der Waals surface area contributed by atoms with Gasteiger partial charge in [0.2, 0.25) is 5.91 Å². The molecule has 1 aliphatic rings. The first-order chi connectivity index (χ1) is 14.4. The van der Waals surface area contributed by atoms with E-state index >= 15 is 0 Å². The summed E-state index contributed by atoms with van der Waals surface area (Å²) in [6.07, 6.45) is 0.0672. The molecule has 3 aromatic rings. The minimum absolute atomic E-state index is 0.0620. The Bertz CT molecular complexity index is 1110. The summed E-state index contributed by atoms with van der Waals surface area (Å²) in [6, 6.07) is 18.9. The van der Waals surface area contributed by atoms with E-state index in [1.165, 1.54) is 18.2 Å². The number of nitrogens with one attached hydrogen (secondary N) is 1. The van der Waals surface area contributed by atoms with E-state index in [1.54, 1.807) is 4.90 Å². The third-order valence-corrected chi connectivity index (χ3v) is 5.56. The van der Waals surface area contributed by atoms with Crippen molar-refractivity contribution in [2.45, 2.75) is 25.9 Å². The van der Waals surface area contributed by atoms with E-state index < -0.39 is 11.9 Å². The normalized spacial score (nSPS) is 13.8. The number of fused-ring (bicyclic) bond motifs is 1. The Morgan fingerprint density at radius 2 is 1.87 bits per heavy atom. The summed E-state index contributed by atoms with van der Waals surface area (Å²) in [6.45, 7) is 2.43. The Morgan fingerprint density at radius 1 is 1.13 bits per heavy atom. The maximum atomic E-state index is 13.4. The molecular weight excluding hydrogens is 403 g/mol. The van der Waals surface area contributed by atoms with Crippen LogP contribution in [0.5, 0.6) is 0 Å². The van der Waals surface area contributed by atoms with Crippen LogP contribution < -0.4 is 5.32 Å². The van der Waals surface area contributed by atoms with Crippen molar-refractivity contribution in [3.8, 4) is 0 Å². The number of amides is 2. The van der Waals surface area contributed by atoms with Gasteiger partial charge in [-0.2, -0.15) is 0 Å². The van der Waals surface area contributed by atoms with Crippen molar-refractivity contribution in [3.05, 3.63) is 99.8 Å². The molecule has 0 aromatic heterocycles. The Morgan fingerprint density at radius 3 is 2.57 bits per heavy atom. The zero-order valence-electron chi connectivity index (χ0n) is 16.4. The van der Waals surface area contributed by atoms with Crippen molar-refractivity contribution < 1.29 is 14.0 Å². The SMILES string of the molecule is Cc1ccc([C@@H](CC(=O)Nc2ccc(F)c(Cl)c2)N2Cc3ccccc3C2=O)cc1. The molecule has 30 heavy (non-hydrogen) atoms. The first-order valence-electron chi connectivity index (χ1n) is 9.63. The Hall–Kier alpha value is -3.18. The number of halogens is 2. The molecule has 0 aliphatic carbocycles. The van der Waals surface area contributed by atoms with Crippen molar-refractivity contribution in [2.24, 2.45) is 0 Å². The first kappa shape index (κ1) is 20.1. The van der Waals surface area contributed by atoms with Gasteiger partial charge in [0.15, 0.2) is 0 Å². The van der Waals surface area contributed by atoms with Gasteiger partial charge in [-0.05, 0) is 42.3 Å². The highest BCUT2D eigenvalue weighted by molar-refractivity contribution is 6.31. The zero-order valence-corrected chi connectivity index (χ0v) is 17.1. The predicted octanol–water partition coefficient (Wildman–Crippen LogP) is 5.51. The molecule has 4 rings (SSSR count). The van der Waals surface area contributed by atoms with Gasteiger partial charge in [0.25, 0.3) is 5.91 Å². The molecule has 1 atom stereocenters. The number of rotatable bonds is 5. The number of aryl methyl sites for hydroxylation is 1. The van der Waals surface area contributed by atoms with Gasteiger partial charge in [-0.15, -0.1) is 0 Å². The maximum Gasteiger partial charge on any atom is 0.255 e. The van der Waals surface area contributed by atoms with Crippen molar-refractivity contribution >= 4 is 29.1 Å². The lowest BCUT2D eigenvalue weighted by Crippen LogP contribution is -2.32. The summed E-state index contributed by atoms with van der Waals surface area (Å²) in [7, 11) is 0. The smallest absolute Gasteiger partial charge is 0.255 e. The largest absolute Gasteiger partial charge is 0.327 e. The third-order valence-electron chi connectivity index (χ3n) is 5.27. The number of hydrogen-bond acceptors (Lipinski definition) is 2. The lowest BCUT2D eigenvalue weighted by atomic mass is 10.00. The van der Waals surface area contributed by atoms with Crippen LogP contribution in [0, 0.1) is 12.7 Å². The fraction of sp³-hybridized carbons (Fsp3) is 0.167. The second-order valence-electron chi connectivity index (χ2n) is 7.40. The van der Waals surface area contributed by atoms with Gasteiger partial charge in [0.1, 0.15) is 5.82 Å². The molecule has 152 valence electrons. The summed E-state index contributed by atoms with van der Waals surface area (Å²) in [5.41, 5.74) is 4.00. The van der Waals surface area contributed by atoms with Crippen LogP contribution in [0.1, 0.15) is 39.5 Å². The Kier molecular flexibility index (Phi) is 5.55. The second kappa shape index (κ2) is 8.28. The van der Waals surface area contributed by atoms with Gasteiger partial charge in [-0.25, -0.2) is 4.39 Å². The summed E-state index contributed by atoms with van der Waals surface area (Å²) < 4.78 is 13.4. The number of anilines is 1. The van der Waals surface area contributed by atoms with Crippen LogP contribution >= 0.6 is 11.6 Å². The van der Waals surface area contributed by atoms with E-state index in [0.29, 0.717) is 17.8 Å². The quantitative estimate of drug-likeness (QED) is 0.589. The lowest BCUT2D eigenvalue weighted by molar-refractivity contribution is -0.117. The molecule has 0 bridgehead atoms. The number of carbonyl (C=O) groups is 2. The fourth-order valence-electron chi connectivity index (χ4n) is 3.69. The van der Waals surface area contributed by atoms with E-state index in [1.807, 2.05) is 55.5 Å². The molecule has 1 aliphatic heterocycles. The molecule has 0 spiro atoms. The van der Waals surface area contributed by atoms with E-state index in [9.17, 15) is 14.0 Å². The molecule has 4 nitrogen and oxygen atoms in total. The van der Waals surface area contributed by atoms with Crippen molar-refractivity contribution in [1.29, 1.82) is 0 Å². The number of benzene rings is 3.